The molecule has 181 valence electrons. The van der Waals surface area contributed by atoms with Crippen molar-refractivity contribution in [3.8, 4) is 0 Å². The Labute approximate surface area is 224 Å². The minimum absolute atomic E-state index is 0.218. The molecule has 0 atom stereocenters. The minimum Gasteiger partial charge on any atom is -0.265 e. The van der Waals surface area contributed by atoms with Gasteiger partial charge in [0.2, 0.25) is 0 Å². The van der Waals surface area contributed by atoms with Crippen LogP contribution in [-0.4, -0.2) is 49.5 Å². The average Bonchev–Trinajstić information content (AvgIpc) is 3.51. The van der Waals surface area contributed by atoms with E-state index in [2.05, 4.69) is 87.6 Å². The van der Waals surface area contributed by atoms with Crippen LogP contribution in [0, 0.1) is 0 Å². The Morgan fingerprint density at radius 2 is 1.41 bits per heavy atom. The molecule has 0 bridgehead atoms. The number of allylic oxidation sites excluding steroid dienone is 1. The van der Waals surface area contributed by atoms with Crippen LogP contribution in [0.5, 0.6) is 0 Å². The molecule has 2 heterocycles. The second kappa shape index (κ2) is 15.0. The van der Waals surface area contributed by atoms with Crippen LogP contribution >= 0.6 is 33.6 Å². The van der Waals surface area contributed by atoms with E-state index in [0.717, 1.165) is 0 Å². The van der Waals surface area contributed by atoms with Crippen LogP contribution in [0.1, 0.15) is 30.0 Å². The summed E-state index contributed by atoms with van der Waals surface area (Å²) in [5.41, 5.74) is 5.18. The third-order valence-electron chi connectivity index (χ3n) is 5.50. The summed E-state index contributed by atoms with van der Waals surface area (Å²) in [6.45, 7) is 4.67. The van der Waals surface area contributed by atoms with E-state index < -0.39 is 0 Å². The van der Waals surface area contributed by atoms with Crippen LogP contribution in [0.3, 0.4) is 0 Å². The molecule has 0 spiro atoms. The number of pyridine rings is 1. The molecule has 1 aromatic heterocycles. The maximum atomic E-state index is 6.10. The molecule has 0 amide bonds. The third-order valence-corrected chi connectivity index (χ3v) is 9.21. The second-order valence-electron chi connectivity index (χ2n) is 7.43. The van der Waals surface area contributed by atoms with Crippen molar-refractivity contribution in [2.75, 3.05) is 25.6 Å². The number of fused-ring (bicyclic) bond motifs is 1. The van der Waals surface area contributed by atoms with E-state index in [0.29, 0.717) is 6.17 Å². The Morgan fingerprint density at radius 3 is 1.88 bits per heavy atom. The number of hydrogen-bond acceptors (Lipinski definition) is 5. The fourth-order valence-corrected chi connectivity index (χ4v) is 7.05. The first-order valence-corrected chi connectivity index (χ1v) is 16.6. The molecule has 1 saturated heterocycles. The van der Waals surface area contributed by atoms with Gasteiger partial charge >= 0.3 is 112 Å². The van der Waals surface area contributed by atoms with Gasteiger partial charge in [0.1, 0.15) is 0 Å². The maximum absolute atomic E-state index is 6.10. The Bertz CT molecular complexity index is 1030. The summed E-state index contributed by atoms with van der Waals surface area (Å²) in [5, 5.41) is 0. The van der Waals surface area contributed by atoms with Gasteiger partial charge in [0.05, 0.1) is 6.17 Å². The van der Waals surface area contributed by atoms with Crippen molar-refractivity contribution in [1.29, 1.82) is 0 Å². The smallest absolute Gasteiger partial charge is 0.0267 e. The van der Waals surface area contributed by atoms with Gasteiger partial charge in [-0.3, -0.25) is 4.98 Å². The summed E-state index contributed by atoms with van der Waals surface area (Å²) in [7, 11) is 6.10. The van der Waals surface area contributed by atoms with Crippen LogP contribution in [0.4, 0.5) is 0 Å². The predicted octanol–water partition coefficient (Wildman–Crippen LogP) is 6.87. The van der Waals surface area contributed by atoms with Gasteiger partial charge in [0.15, 0.2) is 0 Å². The normalized spacial score (nSPS) is 17.1. The SMILES string of the molecule is CCC1N(SC)CCN1SC.[Cl][Ru]=[C]1C=C(c2ccccc2)c2ccccc21.c1ccncc1. The quantitative estimate of drug-likeness (QED) is 0.241. The molecule has 1 aliphatic heterocycles. The molecule has 0 radical (unpaired) electrons. The van der Waals surface area contributed by atoms with Gasteiger partial charge in [-0.25, -0.2) is 8.61 Å². The number of benzene rings is 2. The number of hydrogen-bond donors (Lipinski definition) is 0. The van der Waals surface area contributed by atoms with Gasteiger partial charge in [-0.2, -0.15) is 0 Å². The molecular formula is C27H31ClN3RuS2. The van der Waals surface area contributed by atoms with Crippen molar-refractivity contribution in [1.82, 2.24) is 13.6 Å². The molecule has 1 aliphatic carbocycles. The summed E-state index contributed by atoms with van der Waals surface area (Å²) >= 11 is 3.51. The minimum atomic E-state index is -0.218. The monoisotopic (exact) mass is 598 g/mol. The maximum Gasteiger partial charge on any atom is 0.0267 e. The number of nitrogens with zero attached hydrogens (tertiary/aromatic N) is 3. The zero-order valence-corrected chi connectivity index (χ0v) is 23.9. The summed E-state index contributed by atoms with van der Waals surface area (Å²) in [6, 6.07) is 24.7. The summed E-state index contributed by atoms with van der Waals surface area (Å²) in [6.07, 6.45) is 11.9. The van der Waals surface area contributed by atoms with Gasteiger partial charge < -0.3 is 0 Å². The number of aromatic nitrogens is 1. The van der Waals surface area contributed by atoms with E-state index >= 15 is 0 Å². The Kier molecular flexibility index (Phi) is 12.0. The molecule has 1 fully saturated rings. The molecule has 3 nitrogen and oxygen atoms in total. The first-order chi connectivity index (χ1) is 16.7. The molecule has 34 heavy (non-hydrogen) atoms. The molecule has 2 aromatic carbocycles. The van der Waals surface area contributed by atoms with Crippen LogP contribution < -0.4 is 0 Å². The topological polar surface area (TPSA) is 19.4 Å². The molecule has 7 heteroatoms. The van der Waals surface area contributed by atoms with E-state index in [1.165, 1.54) is 45.9 Å². The van der Waals surface area contributed by atoms with E-state index in [1.807, 2.05) is 48.2 Å². The van der Waals surface area contributed by atoms with Crippen LogP contribution in [0.25, 0.3) is 5.57 Å². The standard InChI is InChI=1S/C15H10.C7H16N2S2.C5H5N.ClH.Ru/c1-2-6-12(7-3-1)15-11-10-13-8-4-5-9-14(13)15;1-4-7-8(10-2)5-6-9(7)11-3;1-2-4-6-5-3-1;;/h1-9,11H;7H,4-6H2,1-3H3;1-5H;1H;/q;;;;+1/p-1. The van der Waals surface area contributed by atoms with Crippen molar-refractivity contribution in [2.45, 2.75) is 19.5 Å². The summed E-state index contributed by atoms with van der Waals surface area (Å²) in [4.78, 5) is 3.78. The van der Waals surface area contributed by atoms with Gasteiger partial charge in [-0.1, -0.05) is 36.9 Å². The molecule has 0 saturated carbocycles. The van der Waals surface area contributed by atoms with Crippen molar-refractivity contribution in [2.24, 2.45) is 0 Å². The Balaban J connectivity index is 0.000000163. The van der Waals surface area contributed by atoms with Gasteiger partial charge in [-0.05, 0) is 31.1 Å². The Morgan fingerprint density at radius 1 is 0.853 bits per heavy atom. The first-order valence-electron chi connectivity index (χ1n) is 11.2. The van der Waals surface area contributed by atoms with Gasteiger partial charge in [0.25, 0.3) is 0 Å². The zero-order chi connectivity index (χ0) is 24.2. The average molecular weight is 598 g/mol. The fraction of sp³-hybridized carbons (Fsp3) is 0.259. The van der Waals surface area contributed by atoms with Crippen molar-refractivity contribution >= 4 is 43.3 Å². The van der Waals surface area contributed by atoms with Crippen LogP contribution in [-0.2, 0) is 15.7 Å². The molecule has 5 rings (SSSR count). The molecule has 2 aliphatic rings. The van der Waals surface area contributed by atoms with E-state index in [4.69, 9.17) is 9.69 Å². The molecular weight excluding hydrogens is 567 g/mol. The fourth-order valence-electron chi connectivity index (χ4n) is 3.90. The number of halogens is 1. The van der Waals surface area contributed by atoms with E-state index in [-0.39, 0.29) is 15.7 Å². The Hall–Kier alpha value is -1.27. The van der Waals surface area contributed by atoms with Crippen LogP contribution in [0.15, 0.2) is 91.3 Å². The second-order valence-corrected chi connectivity index (χ2v) is 11.2. The molecule has 0 N–H and O–H groups in total. The van der Waals surface area contributed by atoms with Gasteiger partial charge in [0, 0.05) is 25.5 Å². The summed E-state index contributed by atoms with van der Waals surface area (Å²) < 4.78 is 6.21. The molecule has 0 unspecified atom stereocenters. The first kappa shape index (κ1) is 27.3. The zero-order valence-electron chi connectivity index (χ0n) is 19.7. The van der Waals surface area contributed by atoms with Crippen LogP contribution in [0.2, 0.25) is 0 Å². The van der Waals surface area contributed by atoms with Crippen molar-refractivity contribution in [3.05, 3.63) is 108 Å². The summed E-state index contributed by atoms with van der Waals surface area (Å²) in [5.74, 6) is 0. The van der Waals surface area contributed by atoms with Crippen molar-refractivity contribution in [3.63, 3.8) is 0 Å². The largest absolute Gasteiger partial charge is 0.265 e. The van der Waals surface area contributed by atoms with Gasteiger partial charge in [-0.15, -0.1) is 0 Å². The van der Waals surface area contributed by atoms with E-state index in [9.17, 15) is 0 Å². The number of rotatable bonds is 4. The van der Waals surface area contributed by atoms with Crippen molar-refractivity contribution < 1.29 is 15.7 Å². The third kappa shape index (κ3) is 7.37. The predicted molar refractivity (Wildman–Crippen MR) is 149 cm³/mol. The van der Waals surface area contributed by atoms with E-state index in [1.54, 1.807) is 12.4 Å². The molecule has 3 aromatic rings.